The van der Waals surface area contributed by atoms with E-state index in [1.807, 2.05) is 23.6 Å². The Kier molecular flexibility index (Phi) is 5.08. The van der Waals surface area contributed by atoms with Crippen LogP contribution in [0.5, 0.6) is 11.5 Å². The zero-order chi connectivity index (χ0) is 21.6. The van der Waals surface area contributed by atoms with Crippen molar-refractivity contribution in [3.05, 3.63) is 74.4 Å². The number of halogens is 1. The first-order valence-electron chi connectivity index (χ1n) is 9.75. The molecular weight excluding hydrogens is 482 g/mol. The highest BCUT2D eigenvalue weighted by Gasteiger charge is 2.51. The number of carbonyl (C=O) groups excluding carboxylic acids is 2. The van der Waals surface area contributed by atoms with Gasteiger partial charge in [0.2, 0.25) is 0 Å². The molecule has 1 amide bonds. The molecule has 2 aromatic carbocycles. The molecule has 1 atom stereocenters. The first-order chi connectivity index (χ1) is 15.0. The number of anilines is 1. The standard InChI is InChI=1S/C23H18BrNO5S/c24-15-4-5-18-17(11-15)23(28,22(27)25(18)13-16-2-1-9-31-16)12-19(26)14-3-6-20-21(10-14)30-8-7-29-20/h1-6,9-11,28H,7-8,12-13H2. The number of fused-ring (bicyclic) bond motifs is 2. The Labute approximate surface area is 191 Å². The first kappa shape index (κ1) is 20.2. The lowest BCUT2D eigenvalue weighted by molar-refractivity contribution is -0.136. The molecule has 0 radical (unpaired) electrons. The van der Waals surface area contributed by atoms with E-state index in [1.54, 1.807) is 35.2 Å². The first-order valence-corrected chi connectivity index (χ1v) is 11.4. The number of benzene rings is 2. The van der Waals surface area contributed by atoms with Crippen molar-refractivity contribution in [1.82, 2.24) is 0 Å². The second-order valence-electron chi connectivity index (χ2n) is 7.45. The summed E-state index contributed by atoms with van der Waals surface area (Å²) in [4.78, 5) is 29.0. The van der Waals surface area contributed by atoms with Crippen LogP contribution >= 0.6 is 27.3 Å². The molecule has 0 saturated carbocycles. The van der Waals surface area contributed by atoms with Crippen LogP contribution in [-0.2, 0) is 16.9 Å². The van der Waals surface area contributed by atoms with Gasteiger partial charge in [-0.2, -0.15) is 0 Å². The molecule has 158 valence electrons. The molecule has 0 bridgehead atoms. The zero-order valence-corrected chi connectivity index (χ0v) is 18.7. The van der Waals surface area contributed by atoms with Gasteiger partial charge < -0.3 is 19.5 Å². The van der Waals surface area contributed by atoms with Crippen LogP contribution in [0.1, 0.15) is 27.2 Å². The molecule has 5 rings (SSSR count). The smallest absolute Gasteiger partial charge is 0.264 e. The molecule has 1 unspecified atom stereocenters. The van der Waals surface area contributed by atoms with Gasteiger partial charge in [0.15, 0.2) is 22.9 Å². The molecule has 0 fully saturated rings. The van der Waals surface area contributed by atoms with E-state index in [2.05, 4.69) is 15.9 Å². The van der Waals surface area contributed by atoms with Crippen LogP contribution in [-0.4, -0.2) is 30.0 Å². The number of nitrogens with zero attached hydrogens (tertiary/aromatic N) is 1. The highest BCUT2D eigenvalue weighted by molar-refractivity contribution is 9.10. The molecule has 0 spiro atoms. The lowest BCUT2D eigenvalue weighted by Gasteiger charge is -2.23. The number of carbonyl (C=O) groups is 2. The second kappa shape index (κ2) is 7.78. The van der Waals surface area contributed by atoms with Crippen molar-refractivity contribution < 1.29 is 24.2 Å². The summed E-state index contributed by atoms with van der Waals surface area (Å²) in [6, 6.07) is 14.1. The van der Waals surface area contributed by atoms with Gasteiger partial charge >= 0.3 is 0 Å². The Morgan fingerprint density at radius 3 is 2.71 bits per heavy atom. The van der Waals surface area contributed by atoms with Crippen molar-refractivity contribution in [1.29, 1.82) is 0 Å². The Morgan fingerprint density at radius 2 is 1.94 bits per heavy atom. The molecule has 1 aromatic heterocycles. The van der Waals surface area contributed by atoms with Crippen LogP contribution in [0.2, 0.25) is 0 Å². The largest absolute Gasteiger partial charge is 0.486 e. The van der Waals surface area contributed by atoms with E-state index in [-0.39, 0.29) is 12.2 Å². The number of Topliss-reactive ketones (excluding diaryl/α,β-unsaturated/α-hetero) is 1. The van der Waals surface area contributed by atoms with Crippen LogP contribution in [0.4, 0.5) is 5.69 Å². The topological polar surface area (TPSA) is 76.1 Å². The SMILES string of the molecule is O=C(CC1(O)C(=O)N(Cc2cccs2)c2ccc(Br)cc21)c1ccc2c(c1)OCCO2. The minimum Gasteiger partial charge on any atom is -0.486 e. The monoisotopic (exact) mass is 499 g/mol. The minimum absolute atomic E-state index is 0.339. The number of aliphatic hydroxyl groups is 1. The van der Waals surface area contributed by atoms with Crippen molar-refractivity contribution in [2.24, 2.45) is 0 Å². The van der Waals surface area contributed by atoms with Gasteiger partial charge in [0.1, 0.15) is 13.2 Å². The predicted octanol–water partition coefficient (Wildman–Crippen LogP) is 4.29. The Bertz CT molecular complexity index is 1180. The molecule has 1 N–H and O–H groups in total. The number of ether oxygens (including phenoxy) is 2. The van der Waals surface area contributed by atoms with Crippen molar-refractivity contribution >= 4 is 44.6 Å². The summed E-state index contributed by atoms with van der Waals surface area (Å²) < 4.78 is 11.8. The summed E-state index contributed by atoms with van der Waals surface area (Å²) in [6.45, 7) is 1.21. The fraction of sp³-hybridized carbons (Fsp3) is 0.217. The Morgan fingerprint density at radius 1 is 1.13 bits per heavy atom. The van der Waals surface area contributed by atoms with Crippen molar-refractivity contribution in [3.8, 4) is 11.5 Å². The third-order valence-electron chi connectivity index (χ3n) is 5.47. The summed E-state index contributed by atoms with van der Waals surface area (Å²) >= 11 is 4.95. The number of thiophene rings is 1. The maximum Gasteiger partial charge on any atom is 0.264 e. The molecule has 2 aliphatic rings. The van der Waals surface area contributed by atoms with Crippen LogP contribution in [0.3, 0.4) is 0 Å². The number of hydrogen-bond donors (Lipinski definition) is 1. The number of hydrogen-bond acceptors (Lipinski definition) is 6. The van der Waals surface area contributed by atoms with E-state index in [4.69, 9.17) is 9.47 Å². The van der Waals surface area contributed by atoms with Gasteiger partial charge in [-0.15, -0.1) is 11.3 Å². The second-order valence-corrected chi connectivity index (χ2v) is 9.40. The summed E-state index contributed by atoms with van der Waals surface area (Å²) in [7, 11) is 0. The molecule has 0 aliphatic carbocycles. The third-order valence-corrected chi connectivity index (χ3v) is 6.82. The van der Waals surface area contributed by atoms with Gasteiger partial charge in [-0.1, -0.05) is 22.0 Å². The summed E-state index contributed by atoms with van der Waals surface area (Å²) in [5, 5.41) is 13.5. The highest BCUT2D eigenvalue weighted by Crippen LogP contribution is 2.45. The van der Waals surface area contributed by atoms with E-state index < -0.39 is 11.5 Å². The van der Waals surface area contributed by atoms with E-state index in [0.717, 1.165) is 9.35 Å². The normalized spacial score (nSPS) is 19.4. The number of amides is 1. The van der Waals surface area contributed by atoms with Gasteiger partial charge in [0.05, 0.1) is 18.7 Å². The summed E-state index contributed by atoms with van der Waals surface area (Å²) in [5.74, 6) is 0.218. The zero-order valence-electron chi connectivity index (χ0n) is 16.3. The van der Waals surface area contributed by atoms with Crippen LogP contribution in [0.25, 0.3) is 0 Å². The molecule has 8 heteroatoms. The average molecular weight is 500 g/mol. The molecule has 0 saturated heterocycles. The Hall–Kier alpha value is -2.68. The van der Waals surface area contributed by atoms with Crippen molar-refractivity contribution in [3.63, 3.8) is 0 Å². The van der Waals surface area contributed by atoms with Gasteiger partial charge in [0, 0.05) is 20.5 Å². The Balaban J connectivity index is 1.48. The molecule has 3 heterocycles. The molecular formula is C23H18BrNO5S. The van der Waals surface area contributed by atoms with Crippen LogP contribution < -0.4 is 14.4 Å². The maximum atomic E-state index is 13.4. The highest BCUT2D eigenvalue weighted by atomic mass is 79.9. The van der Waals surface area contributed by atoms with Crippen molar-refractivity contribution in [2.75, 3.05) is 18.1 Å². The maximum absolute atomic E-state index is 13.4. The van der Waals surface area contributed by atoms with Crippen molar-refractivity contribution in [2.45, 2.75) is 18.6 Å². The van der Waals surface area contributed by atoms with Crippen LogP contribution in [0, 0.1) is 0 Å². The third kappa shape index (κ3) is 3.54. The van der Waals surface area contributed by atoms with E-state index in [1.165, 1.54) is 11.3 Å². The van der Waals surface area contributed by atoms with Gasteiger partial charge in [-0.3, -0.25) is 9.59 Å². The van der Waals surface area contributed by atoms with Gasteiger partial charge in [-0.05, 0) is 47.8 Å². The summed E-state index contributed by atoms with van der Waals surface area (Å²) in [5.41, 5.74) is -0.548. The number of ketones is 1. The fourth-order valence-corrected chi connectivity index (χ4v) is 5.01. The molecule has 31 heavy (non-hydrogen) atoms. The average Bonchev–Trinajstić information content (AvgIpc) is 3.35. The molecule has 2 aliphatic heterocycles. The molecule has 3 aromatic rings. The lowest BCUT2D eigenvalue weighted by atomic mass is 9.88. The fourth-order valence-electron chi connectivity index (χ4n) is 3.96. The predicted molar refractivity (Wildman–Crippen MR) is 120 cm³/mol. The lowest BCUT2D eigenvalue weighted by Crippen LogP contribution is -2.41. The van der Waals surface area contributed by atoms with E-state index in [9.17, 15) is 14.7 Å². The quantitative estimate of drug-likeness (QED) is 0.530. The summed E-state index contributed by atoms with van der Waals surface area (Å²) in [6.07, 6.45) is -0.365. The molecule has 6 nitrogen and oxygen atoms in total. The number of rotatable bonds is 5. The van der Waals surface area contributed by atoms with Gasteiger partial charge in [-0.25, -0.2) is 0 Å². The van der Waals surface area contributed by atoms with Crippen LogP contribution in [0.15, 0.2) is 58.4 Å². The van der Waals surface area contributed by atoms with E-state index >= 15 is 0 Å². The van der Waals surface area contributed by atoms with Gasteiger partial charge in [0.25, 0.3) is 5.91 Å². The minimum atomic E-state index is -1.94. The van der Waals surface area contributed by atoms with E-state index in [0.29, 0.717) is 48.1 Å².